The largest absolute Gasteiger partial charge is 0.388 e. The summed E-state index contributed by atoms with van der Waals surface area (Å²) >= 11 is 1.64. The fourth-order valence-corrected chi connectivity index (χ4v) is 2.19. The topological polar surface area (TPSA) is 71.3 Å². The molecule has 2 N–H and O–H groups in total. The summed E-state index contributed by atoms with van der Waals surface area (Å²) in [7, 11) is 1.59. The van der Waals surface area contributed by atoms with E-state index in [9.17, 15) is 14.7 Å². The third kappa shape index (κ3) is 4.72. The van der Waals surface area contributed by atoms with Gasteiger partial charge in [0.15, 0.2) is 0 Å². The van der Waals surface area contributed by atoms with Gasteiger partial charge in [0.2, 0.25) is 0 Å². The molecule has 6 heteroatoms. The predicted molar refractivity (Wildman–Crippen MR) is 77.6 cm³/mol. The molecule has 1 aromatic heterocycles. The Morgan fingerprint density at radius 1 is 1.58 bits per heavy atom. The highest BCUT2D eigenvalue weighted by atomic mass is 32.2. The van der Waals surface area contributed by atoms with Gasteiger partial charge in [0.1, 0.15) is 5.56 Å². The molecule has 0 aromatic carbocycles. The van der Waals surface area contributed by atoms with E-state index in [4.69, 9.17) is 0 Å². The second kappa shape index (κ2) is 6.77. The van der Waals surface area contributed by atoms with Crippen LogP contribution in [0.1, 0.15) is 23.7 Å². The third-order valence-corrected chi connectivity index (χ3v) is 3.45. The monoisotopic (exact) mass is 284 g/mol. The Morgan fingerprint density at radius 2 is 2.26 bits per heavy atom. The summed E-state index contributed by atoms with van der Waals surface area (Å²) in [6.07, 6.45) is 4.14. The van der Waals surface area contributed by atoms with Crippen molar-refractivity contribution in [2.75, 3.05) is 18.6 Å². The van der Waals surface area contributed by atoms with E-state index in [0.717, 1.165) is 5.75 Å². The number of aryl methyl sites for hydroxylation is 1. The molecule has 1 atom stereocenters. The lowest BCUT2D eigenvalue weighted by atomic mass is 10.0. The van der Waals surface area contributed by atoms with E-state index in [0.29, 0.717) is 6.42 Å². The normalized spacial score (nSPS) is 13.9. The molecule has 0 aliphatic carbocycles. The minimum absolute atomic E-state index is 0.0886. The van der Waals surface area contributed by atoms with Gasteiger partial charge >= 0.3 is 0 Å². The molecular formula is C13H20N2O3S. The highest BCUT2D eigenvalue weighted by Crippen LogP contribution is 2.11. The first-order valence-electron chi connectivity index (χ1n) is 6.02. The van der Waals surface area contributed by atoms with Crippen LogP contribution in [0.25, 0.3) is 0 Å². The van der Waals surface area contributed by atoms with Gasteiger partial charge in [0.05, 0.1) is 5.60 Å². The summed E-state index contributed by atoms with van der Waals surface area (Å²) in [6.45, 7) is 1.80. The number of nitrogens with zero attached hydrogens (tertiary/aromatic N) is 1. The van der Waals surface area contributed by atoms with Crippen molar-refractivity contribution in [3.8, 4) is 0 Å². The van der Waals surface area contributed by atoms with Crippen molar-refractivity contribution in [3.63, 3.8) is 0 Å². The second-order valence-electron chi connectivity index (χ2n) is 4.76. The molecule has 0 radical (unpaired) electrons. The first-order valence-corrected chi connectivity index (χ1v) is 7.42. The van der Waals surface area contributed by atoms with Crippen molar-refractivity contribution >= 4 is 17.7 Å². The van der Waals surface area contributed by atoms with E-state index in [1.54, 1.807) is 38.0 Å². The predicted octanol–water partition coefficient (Wildman–Crippen LogP) is 0.619. The second-order valence-corrected chi connectivity index (χ2v) is 5.75. The van der Waals surface area contributed by atoms with E-state index < -0.39 is 11.5 Å². The maximum absolute atomic E-state index is 11.9. The minimum Gasteiger partial charge on any atom is -0.388 e. The van der Waals surface area contributed by atoms with E-state index in [2.05, 4.69) is 5.32 Å². The zero-order valence-electron chi connectivity index (χ0n) is 11.5. The first kappa shape index (κ1) is 15.8. The Kier molecular flexibility index (Phi) is 5.62. The van der Waals surface area contributed by atoms with Crippen molar-refractivity contribution in [1.29, 1.82) is 0 Å². The van der Waals surface area contributed by atoms with Gasteiger partial charge in [-0.05, 0) is 37.5 Å². The quantitative estimate of drug-likeness (QED) is 0.803. The average Bonchev–Trinajstić information content (AvgIpc) is 2.37. The van der Waals surface area contributed by atoms with Gasteiger partial charge in [-0.15, -0.1) is 0 Å². The number of rotatable bonds is 6. The number of hydrogen-bond donors (Lipinski definition) is 2. The fraction of sp³-hybridized carbons (Fsp3) is 0.538. The molecule has 0 bridgehead atoms. The van der Waals surface area contributed by atoms with Gasteiger partial charge in [0, 0.05) is 19.8 Å². The molecule has 0 aliphatic heterocycles. The van der Waals surface area contributed by atoms with Crippen LogP contribution in [0.3, 0.4) is 0 Å². The van der Waals surface area contributed by atoms with E-state index in [1.807, 2.05) is 6.26 Å². The smallest absolute Gasteiger partial charge is 0.263 e. The number of carbonyl (C=O) groups excluding carboxylic acids is 1. The van der Waals surface area contributed by atoms with Gasteiger partial charge in [-0.25, -0.2) is 0 Å². The number of pyridine rings is 1. The summed E-state index contributed by atoms with van der Waals surface area (Å²) < 4.78 is 1.35. The Labute approximate surface area is 117 Å². The van der Waals surface area contributed by atoms with E-state index >= 15 is 0 Å². The minimum atomic E-state index is -0.960. The highest BCUT2D eigenvalue weighted by Gasteiger charge is 2.21. The van der Waals surface area contributed by atoms with Crippen molar-refractivity contribution in [1.82, 2.24) is 9.88 Å². The SMILES string of the molecule is CSCC[C@](C)(O)CNC(=O)c1cccn(C)c1=O. The molecule has 1 heterocycles. The molecule has 0 fully saturated rings. The first-order chi connectivity index (χ1) is 8.87. The van der Waals surface area contributed by atoms with Crippen LogP contribution in [0.5, 0.6) is 0 Å². The molecule has 0 unspecified atom stereocenters. The number of aliphatic hydroxyl groups is 1. The molecule has 0 spiro atoms. The molecule has 0 aliphatic rings. The number of nitrogens with one attached hydrogen (secondary N) is 1. The third-order valence-electron chi connectivity index (χ3n) is 2.84. The number of amides is 1. The standard InChI is InChI=1S/C13H20N2O3S/c1-13(18,6-8-19-3)9-14-11(16)10-5-4-7-15(2)12(10)17/h4-5,7,18H,6,8-9H2,1-3H3,(H,14,16)/t13-/m0/s1. The molecule has 1 amide bonds. The molecule has 106 valence electrons. The maximum atomic E-state index is 11.9. The summed E-state index contributed by atoms with van der Waals surface area (Å²) in [6, 6.07) is 3.12. The lowest BCUT2D eigenvalue weighted by Gasteiger charge is -2.23. The van der Waals surface area contributed by atoms with Crippen LogP contribution in [0.2, 0.25) is 0 Å². The number of aromatic nitrogens is 1. The van der Waals surface area contributed by atoms with Crippen molar-refractivity contribution < 1.29 is 9.90 Å². The van der Waals surface area contributed by atoms with Crippen molar-refractivity contribution in [2.24, 2.45) is 7.05 Å². The number of carbonyl (C=O) groups is 1. The van der Waals surface area contributed by atoms with Crippen LogP contribution >= 0.6 is 11.8 Å². The van der Waals surface area contributed by atoms with Crippen LogP contribution in [0.15, 0.2) is 23.1 Å². The lowest BCUT2D eigenvalue weighted by Crippen LogP contribution is -2.42. The zero-order chi connectivity index (χ0) is 14.5. The van der Waals surface area contributed by atoms with Gasteiger partial charge in [0.25, 0.3) is 11.5 Å². The summed E-state index contributed by atoms with van der Waals surface area (Å²) in [5, 5.41) is 12.7. The van der Waals surface area contributed by atoms with Crippen molar-refractivity contribution in [2.45, 2.75) is 18.9 Å². The fourth-order valence-electron chi connectivity index (χ4n) is 1.55. The van der Waals surface area contributed by atoms with E-state index in [1.165, 1.54) is 10.6 Å². The number of thioether (sulfide) groups is 1. The van der Waals surface area contributed by atoms with E-state index in [-0.39, 0.29) is 17.7 Å². The van der Waals surface area contributed by atoms with Gasteiger partial charge in [-0.1, -0.05) is 0 Å². The van der Waals surface area contributed by atoms with Crippen LogP contribution in [-0.2, 0) is 7.05 Å². The Bertz CT molecular complexity index is 497. The summed E-state index contributed by atoms with van der Waals surface area (Å²) in [5.41, 5.74) is -1.21. The summed E-state index contributed by atoms with van der Waals surface area (Å²) in [4.78, 5) is 23.6. The zero-order valence-corrected chi connectivity index (χ0v) is 12.3. The molecule has 1 aromatic rings. The maximum Gasteiger partial charge on any atom is 0.263 e. The lowest BCUT2D eigenvalue weighted by molar-refractivity contribution is 0.0528. The Balaban J connectivity index is 2.66. The molecule has 0 saturated heterocycles. The molecule has 1 rings (SSSR count). The Hall–Kier alpha value is -1.27. The van der Waals surface area contributed by atoms with Gasteiger partial charge in [-0.2, -0.15) is 11.8 Å². The van der Waals surface area contributed by atoms with Crippen LogP contribution in [0.4, 0.5) is 0 Å². The number of hydrogen-bond acceptors (Lipinski definition) is 4. The molecule has 5 nitrogen and oxygen atoms in total. The van der Waals surface area contributed by atoms with Crippen LogP contribution in [-0.4, -0.2) is 39.7 Å². The molecular weight excluding hydrogens is 264 g/mol. The van der Waals surface area contributed by atoms with Gasteiger partial charge < -0.3 is 15.0 Å². The summed E-state index contributed by atoms with van der Waals surface area (Å²) in [5.74, 6) is 0.362. The van der Waals surface area contributed by atoms with Gasteiger partial charge in [-0.3, -0.25) is 9.59 Å². The highest BCUT2D eigenvalue weighted by molar-refractivity contribution is 7.98. The van der Waals surface area contributed by atoms with Crippen LogP contribution in [0, 0.1) is 0 Å². The van der Waals surface area contributed by atoms with Crippen LogP contribution < -0.4 is 10.9 Å². The molecule has 0 saturated carbocycles. The average molecular weight is 284 g/mol. The van der Waals surface area contributed by atoms with Crippen molar-refractivity contribution in [3.05, 3.63) is 34.2 Å². The molecule has 19 heavy (non-hydrogen) atoms. The Morgan fingerprint density at radius 3 is 2.89 bits per heavy atom.